The van der Waals surface area contributed by atoms with Gasteiger partial charge in [-0.25, -0.2) is 9.59 Å². The normalized spacial score (nSPS) is 10.9. The van der Waals surface area contributed by atoms with E-state index >= 15 is 0 Å². The van der Waals surface area contributed by atoms with Gasteiger partial charge < -0.3 is 9.84 Å². The van der Waals surface area contributed by atoms with Crippen LogP contribution in [0.3, 0.4) is 0 Å². The summed E-state index contributed by atoms with van der Waals surface area (Å²) in [6.07, 6.45) is 4.80. The molecule has 0 fully saturated rings. The number of carboxylic acid groups (broad SMARTS) is 1. The van der Waals surface area contributed by atoms with Crippen LogP contribution < -0.4 is 0 Å². The molecule has 0 atom stereocenters. The summed E-state index contributed by atoms with van der Waals surface area (Å²) in [5, 5.41) is 8.24. The van der Waals surface area contributed by atoms with Crippen molar-refractivity contribution < 1.29 is 19.4 Å². The highest BCUT2D eigenvalue weighted by molar-refractivity contribution is 6.44. The van der Waals surface area contributed by atoms with E-state index < -0.39 is 11.9 Å². The number of alkyl halides is 2. The van der Waals surface area contributed by atoms with Crippen LogP contribution in [0, 0.1) is 0 Å². The second-order valence-electron chi connectivity index (χ2n) is 3.08. The molecule has 0 amide bonds. The quantitative estimate of drug-likeness (QED) is 0.318. The molecule has 4 nitrogen and oxygen atoms in total. The Morgan fingerprint density at radius 1 is 1.19 bits per heavy atom. The number of unbranched alkanes of at least 4 members (excludes halogenated alkanes) is 2. The molecule has 0 spiro atoms. The van der Waals surface area contributed by atoms with Crippen molar-refractivity contribution in [1.29, 1.82) is 0 Å². The maximum absolute atomic E-state index is 10.9. The molecular weight excluding hydrogens is 255 g/mol. The monoisotopic (exact) mass is 268 g/mol. The van der Waals surface area contributed by atoms with E-state index in [9.17, 15) is 9.59 Å². The van der Waals surface area contributed by atoms with E-state index in [-0.39, 0.29) is 11.4 Å². The molecule has 0 aliphatic rings. The second kappa shape index (κ2) is 9.48. The minimum atomic E-state index is -1.17. The Balaban J connectivity index is 3.38. The Bertz CT molecular complexity index is 251. The van der Waals surface area contributed by atoms with Crippen molar-refractivity contribution >= 4 is 35.1 Å². The van der Waals surface area contributed by atoms with Gasteiger partial charge in [0.15, 0.2) is 0 Å². The van der Waals surface area contributed by atoms with Crippen LogP contribution in [0.1, 0.15) is 25.7 Å². The molecule has 92 valence electrons. The van der Waals surface area contributed by atoms with Crippen molar-refractivity contribution in [3.8, 4) is 0 Å². The van der Waals surface area contributed by atoms with E-state index in [0.29, 0.717) is 6.42 Å². The van der Waals surface area contributed by atoms with E-state index in [1.165, 1.54) is 0 Å². The summed E-state index contributed by atoms with van der Waals surface area (Å²) in [7, 11) is 0. The summed E-state index contributed by atoms with van der Waals surface area (Å²) in [4.78, 5) is 20.6. The Labute approximate surface area is 104 Å². The number of ether oxygens (including phenoxy) is 1. The average Bonchev–Trinajstić information content (AvgIpc) is 2.19. The third-order valence-electron chi connectivity index (χ3n) is 1.67. The van der Waals surface area contributed by atoms with Crippen molar-refractivity contribution in [3.05, 3.63) is 12.2 Å². The SMILES string of the molecule is O=C(O)C=CC(=O)OCCCCCC(Cl)Cl. The Hall–Kier alpha value is -0.740. The molecule has 6 heteroatoms. The predicted molar refractivity (Wildman–Crippen MR) is 61.7 cm³/mol. The van der Waals surface area contributed by atoms with Crippen molar-refractivity contribution in [2.45, 2.75) is 30.5 Å². The van der Waals surface area contributed by atoms with Crippen LogP contribution in [0.25, 0.3) is 0 Å². The van der Waals surface area contributed by atoms with Crippen molar-refractivity contribution in [3.63, 3.8) is 0 Å². The predicted octanol–water partition coefficient (Wildman–Crippen LogP) is 2.53. The molecule has 0 bridgehead atoms. The minimum absolute atomic E-state index is 0.276. The van der Waals surface area contributed by atoms with Gasteiger partial charge in [0.05, 0.1) is 6.61 Å². The van der Waals surface area contributed by atoms with Gasteiger partial charge in [0.1, 0.15) is 4.84 Å². The molecule has 0 aromatic heterocycles. The van der Waals surface area contributed by atoms with Gasteiger partial charge in [0, 0.05) is 12.2 Å². The minimum Gasteiger partial charge on any atom is -0.478 e. The van der Waals surface area contributed by atoms with Gasteiger partial charge >= 0.3 is 11.9 Å². The Morgan fingerprint density at radius 2 is 1.88 bits per heavy atom. The number of carbonyl (C=O) groups excluding carboxylic acids is 1. The van der Waals surface area contributed by atoms with E-state index in [1.807, 2.05) is 0 Å². The third-order valence-corrected chi connectivity index (χ3v) is 2.11. The number of hydrogen-bond donors (Lipinski definition) is 1. The van der Waals surface area contributed by atoms with E-state index in [0.717, 1.165) is 31.4 Å². The van der Waals surface area contributed by atoms with Crippen molar-refractivity contribution in [2.24, 2.45) is 0 Å². The van der Waals surface area contributed by atoms with Gasteiger partial charge in [-0.3, -0.25) is 0 Å². The number of aliphatic carboxylic acids is 1. The first kappa shape index (κ1) is 15.3. The number of carboxylic acids is 1. The molecule has 0 aliphatic carbocycles. The van der Waals surface area contributed by atoms with Crippen LogP contribution in [-0.2, 0) is 14.3 Å². The summed E-state index contributed by atoms with van der Waals surface area (Å²) in [5.41, 5.74) is 0. The lowest BCUT2D eigenvalue weighted by molar-refractivity contribution is -0.138. The fraction of sp³-hybridized carbons (Fsp3) is 0.600. The number of hydrogen-bond acceptors (Lipinski definition) is 3. The molecule has 0 aromatic rings. The molecule has 16 heavy (non-hydrogen) atoms. The smallest absolute Gasteiger partial charge is 0.331 e. The standard InChI is InChI=1S/C10H14Cl2O4/c11-8(12)4-2-1-3-7-16-10(15)6-5-9(13)14/h5-6,8H,1-4,7H2,(H,13,14). The first-order valence-corrected chi connectivity index (χ1v) is 5.75. The maximum atomic E-state index is 10.9. The molecule has 0 aromatic carbocycles. The molecule has 0 saturated heterocycles. The van der Waals surface area contributed by atoms with Crippen LogP contribution in [0.5, 0.6) is 0 Å². The highest BCUT2D eigenvalue weighted by atomic mass is 35.5. The summed E-state index contributed by atoms with van der Waals surface area (Å²) in [5.74, 6) is -1.82. The number of esters is 1. The second-order valence-corrected chi connectivity index (χ2v) is 4.36. The van der Waals surface area contributed by atoms with Crippen LogP contribution >= 0.6 is 23.2 Å². The largest absolute Gasteiger partial charge is 0.478 e. The number of rotatable bonds is 8. The van der Waals surface area contributed by atoms with Gasteiger partial charge in [-0.1, -0.05) is 6.42 Å². The summed E-state index contributed by atoms with van der Waals surface area (Å²) < 4.78 is 4.74. The topological polar surface area (TPSA) is 63.6 Å². The summed E-state index contributed by atoms with van der Waals surface area (Å²) >= 11 is 11.1. The van der Waals surface area contributed by atoms with Gasteiger partial charge in [0.2, 0.25) is 0 Å². The number of carbonyl (C=O) groups is 2. The molecule has 0 saturated carbocycles. The van der Waals surface area contributed by atoms with E-state index in [4.69, 9.17) is 33.0 Å². The lowest BCUT2D eigenvalue weighted by atomic mass is 10.2. The third kappa shape index (κ3) is 11.3. The number of halogens is 2. The van der Waals surface area contributed by atoms with Gasteiger partial charge in [-0.05, 0) is 19.3 Å². The zero-order valence-electron chi connectivity index (χ0n) is 8.70. The fourth-order valence-electron chi connectivity index (χ4n) is 0.938. The first-order valence-electron chi connectivity index (χ1n) is 4.88. The maximum Gasteiger partial charge on any atom is 0.331 e. The summed E-state index contributed by atoms with van der Waals surface area (Å²) in [6.45, 7) is 0.276. The molecular formula is C10H14Cl2O4. The zero-order valence-corrected chi connectivity index (χ0v) is 10.2. The fourth-order valence-corrected chi connectivity index (χ4v) is 1.25. The average molecular weight is 269 g/mol. The molecule has 0 aliphatic heterocycles. The van der Waals surface area contributed by atoms with Crippen molar-refractivity contribution in [2.75, 3.05) is 6.61 Å². The Morgan fingerprint density at radius 3 is 2.44 bits per heavy atom. The molecule has 0 radical (unpaired) electrons. The van der Waals surface area contributed by atoms with Gasteiger partial charge in [0.25, 0.3) is 0 Å². The van der Waals surface area contributed by atoms with Gasteiger partial charge in [-0.2, -0.15) is 0 Å². The molecule has 0 rings (SSSR count). The zero-order chi connectivity index (χ0) is 12.4. The van der Waals surface area contributed by atoms with E-state index in [2.05, 4.69) is 0 Å². The molecule has 1 N–H and O–H groups in total. The van der Waals surface area contributed by atoms with Crippen LogP contribution in [-0.4, -0.2) is 28.5 Å². The van der Waals surface area contributed by atoms with Crippen molar-refractivity contribution in [1.82, 2.24) is 0 Å². The first-order chi connectivity index (χ1) is 7.52. The lowest BCUT2D eigenvalue weighted by Gasteiger charge is -2.02. The highest BCUT2D eigenvalue weighted by Gasteiger charge is 2.00. The highest BCUT2D eigenvalue weighted by Crippen LogP contribution is 2.12. The Kier molecular flexibility index (Phi) is 9.04. The molecule has 0 unspecified atom stereocenters. The van der Waals surface area contributed by atoms with Crippen LogP contribution in [0.15, 0.2) is 12.2 Å². The van der Waals surface area contributed by atoms with Gasteiger partial charge in [-0.15, -0.1) is 23.2 Å². The summed E-state index contributed by atoms with van der Waals surface area (Å²) in [6, 6.07) is 0. The van der Waals surface area contributed by atoms with Crippen LogP contribution in [0.4, 0.5) is 0 Å². The molecule has 0 heterocycles. The lowest BCUT2D eigenvalue weighted by Crippen LogP contribution is -2.03. The van der Waals surface area contributed by atoms with Crippen LogP contribution in [0.2, 0.25) is 0 Å². The van der Waals surface area contributed by atoms with E-state index in [1.54, 1.807) is 0 Å².